The lowest BCUT2D eigenvalue weighted by Gasteiger charge is -2.13. The van der Waals surface area contributed by atoms with Crippen LogP contribution in [-0.2, 0) is 4.79 Å². The Bertz CT molecular complexity index is 1240. The maximum Gasteiger partial charge on any atom is 0.248 e. The van der Waals surface area contributed by atoms with E-state index < -0.39 is 5.91 Å². The molecule has 1 amide bonds. The van der Waals surface area contributed by atoms with Crippen molar-refractivity contribution >= 4 is 29.8 Å². The fourth-order valence-corrected chi connectivity index (χ4v) is 3.33. The third-order valence-electron chi connectivity index (χ3n) is 5.08. The number of phenols is 2. The quantitative estimate of drug-likeness (QED) is 0.227. The van der Waals surface area contributed by atoms with Gasteiger partial charge in [-0.2, -0.15) is 0 Å². The molecule has 0 aliphatic carbocycles. The van der Waals surface area contributed by atoms with E-state index in [0.717, 1.165) is 5.56 Å². The van der Waals surface area contributed by atoms with Crippen molar-refractivity contribution in [2.24, 2.45) is 0 Å². The van der Waals surface area contributed by atoms with Gasteiger partial charge < -0.3 is 34.5 Å². The van der Waals surface area contributed by atoms with Gasteiger partial charge in [-0.3, -0.25) is 4.79 Å². The molecule has 182 valence electrons. The molecule has 0 heterocycles. The molecule has 0 radical (unpaired) electrons. The number of para-hydroxylation sites is 1. The molecule has 0 aliphatic heterocycles. The summed E-state index contributed by atoms with van der Waals surface area (Å²) in [7, 11) is 6.04. The van der Waals surface area contributed by atoms with Crippen LogP contribution in [0.5, 0.6) is 34.5 Å². The lowest BCUT2D eigenvalue weighted by Crippen LogP contribution is -2.08. The Morgan fingerprint density at radius 3 is 1.91 bits per heavy atom. The zero-order valence-corrected chi connectivity index (χ0v) is 19.9. The topological polar surface area (TPSA) is 106 Å². The highest BCUT2D eigenvalue weighted by molar-refractivity contribution is 6.03. The number of carbonyl (C=O) groups is 1. The first-order valence-corrected chi connectivity index (χ1v) is 10.6. The van der Waals surface area contributed by atoms with E-state index in [9.17, 15) is 15.0 Å². The number of benzene rings is 3. The molecule has 0 unspecified atom stereocenters. The fourth-order valence-electron chi connectivity index (χ4n) is 3.33. The van der Waals surface area contributed by atoms with E-state index in [1.807, 2.05) is 6.08 Å². The van der Waals surface area contributed by atoms with Gasteiger partial charge in [0.2, 0.25) is 11.7 Å². The van der Waals surface area contributed by atoms with Crippen molar-refractivity contribution in [2.45, 2.75) is 0 Å². The third kappa shape index (κ3) is 6.05. The minimum atomic E-state index is -0.489. The Hall–Kier alpha value is -4.59. The molecule has 0 aromatic heterocycles. The van der Waals surface area contributed by atoms with Crippen molar-refractivity contribution in [3.8, 4) is 34.5 Å². The van der Waals surface area contributed by atoms with Crippen LogP contribution in [0.2, 0.25) is 0 Å². The van der Waals surface area contributed by atoms with E-state index in [4.69, 9.17) is 18.9 Å². The number of methoxy groups -OCH3 is 4. The van der Waals surface area contributed by atoms with Gasteiger partial charge in [0, 0.05) is 11.6 Å². The second-order valence-corrected chi connectivity index (χ2v) is 7.29. The average Bonchev–Trinajstić information content (AvgIpc) is 2.87. The van der Waals surface area contributed by atoms with Crippen LogP contribution in [0.25, 0.3) is 18.2 Å². The van der Waals surface area contributed by atoms with Crippen LogP contribution in [0.4, 0.5) is 5.69 Å². The van der Waals surface area contributed by atoms with Gasteiger partial charge in [-0.1, -0.05) is 30.4 Å². The number of hydrogen-bond acceptors (Lipinski definition) is 7. The Labute approximate surface area is 203 Å². The van der Waals surface area contributed by atoms with Crippen LogP contribution in [0, 0.1) is 0 Å². The Morgan fingerprint density at radius 2 is 1.34 bits per heavy atom. The predicted molar refractivity (Wildman–Crippen MR) is 135 cm³/mol. The normalized spacial score (nSPS) is 11.0. The molecule has 0 saturated carbocycles. The SMILES string of the molecule is COc1cc(C=Cc2cc(OC)c(OC)c(OC)c2)cc(NC(=O)/C=C/c2ccccc2O)c1O. The molecular weight excluding hydrogens is 450 g/mol. The van der Waals surface area contributed by atoms with Gasteiger partial charge in [-0.25, -0.2) is 0 Å². The van der Waals surface area contributed by atoms with Gasteiger partial charge in [0.05, 0.1) is 34.1 Å². The summed E-state index contributed by atoms with van der Waals surface area (Å²) in [6, 6.07) is 13.5. The first kappa shape index (κ1) is 25.0. The van der Waals surface area contributed by atoms with E-state index in [1.54, 1.807) is 48.5 Å². The highest BCUT2D eigenvalue weighted by Gasteiger charge is 2.14. The van der Waals surface area contributed by atoms with E-state index in [-0.39, 0.29) is 22.9 Å². The van der Waals surface area contributed by atoms with Crippen LogP contribution < -0.4 is 24.3 Å². The lowest BCUT2D eigenvalue weighted by molar-refractivity contribution is -0.111. The second kappa shape index (κ2) is 11.5. The standard InChI is InChI=1S/C27H27NO7/c1-32-22-14-17(9-10-18-15-23(33-2)27(35-4)24(16-18)34-3)13-20(26(22)31)28-25(30)12-11-19-7-5-6-8-21(19)29/h5-16,29,31H,1-4H3,(H,28,30)/b10-9?,12-11+. The number of anilines is 1. The lowest BCUT2D eigenvalue weighted by atomic mass is 10.1. The second-order valence-electron chi connectivity index (χ2n) is 7.29. The van der Waals surface area contributed by atoms with E-state index in [1.165, 1.54) is 46.7 Å². The van der Waals surface area contributed by atoms with Crippen molar-refractivity contribution in [1.29, 1.82) is 0 Å². The van der Waals surface area contributed by atoms with Crippen molar-refractivity contribution in [1.82, 2.24) is 0 Å². The summed E-state index contributed by atoms with van der Waals surface area (Å²) >= 11 is 0. The number of aromatic hydroxyl groups is 2. The van der Waals surface area contributed by atoms with Gasteiger partial charge in [-0.15, -0.1) is 0 Å². The summed E-state index contributed by atoms with van der Waals surface area (Å²) in [4.78, 5) is 12.5. The molecular formula is C27H27NO7. The molecule has 3 aromatic carbocycles. The summed E-state index contributed by atoms with van der Waals surface area (Å²) in [6.07, 6.45) is 6.35. The average molecular weight is 478 g/mol. The largest absolute Gasteiger partial charge is 0.507 e. The van der Waals surface area contributed by atoms with Gasteiger partial charge in [0.15, 0.2) is 23.0 Å². The minimum Gasteiger partial charge on any atom is -0.507 e. The highest BCUT2D eigenvalue weighted by Crippen LogP contribution is 2.39. The van der Waals surface area contributed by atoms with Gasteiger partial charge in [-0.05, 0) is 47.5 Å². The zero-order valence-electron chi connectivity index (χ0n) is 19.9. The molecule has 0 aliphatic rings. The first-order chi connectivity index (χ1) is 16.9. The zero-order chi connectivity index (χ0) is 25.4. The van der Waals surface area contributed by atoms with Crippen LogP contribution in [0.3, 0.4) is 0 Å². The number of hydrogen-bond donors (Lipinski definition) is 3. The van der Waals surface area contributed by atoms with Crippen LogP contribution in [0.15, 0.2) is 54.6 Å². The van der Waals surface area contributed by atoms with Crippen LogP contribution in [-0.4, -0.2) is 44.6 Å². The first-order valence-electron chi connectivity index (χ1n) is 10.6. The molecule has 8 nitrogen and oxygen atoms in total. The Morgan fingerprint density at radius 1 is 0.771 bits per heavy atom. The summed E-state index contributed by atoms with van der Waals surface area (Å²) in [6.45, 7) is 0. The third-order valence-corrected chi connectivity index (χ3v) is 5.08. The molecule has 3 aromatic rings. The van der Waals surface area contributed by atoms with Crippen LogP contribution >= 0.6 is 0 Å². The molecule has 35 heavy (non-hydrogen) atoms. The number of carbonyl (C=O) groups excluding carboxylic acids is 1. The minimum absolute atomic E-state index is 0.0555. The molecule has 0 atom stereocenters. The van der Waals surface area contributed by atoms with Crippen molar-refractivity contribution in [3.63, 3.8) is 0 Å². The molecule has 0 fully saturated rings. The van der Waals surface area contributed by atoms with E-state index in [2.05, 4.69) is 5.32 Å². The summed E-state index contributed by atoms with van der Waals surface area (Å²) in [5.74, 6) is 1.06. The van der Waals surface area contributed by atoms with Gasteiger partial charge >= 0.3 is 0 Å². The number of ether oxygens (including phenoxy) is 4. The van der Waals surface area contributed by atoms with Crippen molar-refractivity contribution in [3.05, 3.63) is 71.3 Å². The Kier molecular flexibility index (Phi) is 8.24. The number of amides is 1. The van der Waals surface area contributed by atoms with Crippen molar-refractivity contribution < 1.29 is 34.0 Å². The maximum atomic E-state index is 12.5. The molecule has 3 N–H and O–H groups in total. The maximum absolute atomic E-state index is 12.5. The van der Waals surface area contributed by atoms with E-state index >= 15 is 0 Å². The highest BCUT2D eigenvalue weighted by atomic mass is 16.5. The summed E-state index contributed by atoms with van der Waals surface area (Å²) < 4.78 is 21.4. The smallest absolute Gasteiger partial charge is 0.248 e. The predicted octanol–water partition coefficient (Wildman–Crippen LogP) is 4.95. The summed E-state index contributed by atoms with van der Waals surface area (Å²) in [5.41, 5.74) is 2.10. The number of rotatable bonds is 9. The molecule has 0 saturated heterocycles. The monoisotopic (exact) mass is 477 g/mol. The van der Waals surface area contributed by atoms with Crippen molar-refractivity contribution in [2.75, 3.05) is 33.8 Å². The molecule has 0 spiro atoms. The fraction of sp³-hybridized carbons (Fsp3) is 0.148. The molecule has 3 rings (SSSR count). The van der Waals surface area contributed by atoms with Gasteiger partial charge in [0.1, 0.15) is 5.75 Å². The number of phenolic OH excluding ortho intramolecular Hbond substituents is 2. The molecule has 8 heteroatoms. The summed E-state index contributed by atoms with van der Waals surface area (Å²) in [5, 5.41) is 23.0. The van der Waals surface area contributed by atoms with Gasteiger partial charge in [0.25, 0.3) is 0 Å². The molecule has 0 bridgehead atoms. The number of nitrogens with one attached hydrogen (secondary N) is 1. The van der Waals surface area contributed by atoms with Crippen LogP contribution in [0.1, 0.15) is 16.7 Å². The van der Waals surface area contributed by atoms with E-state index in [0.29, 0.717) is 28.4 Å². The Balaban J connectivity index is 1.88.